The Morgan fingerprint density at radius 3 is 2.44 bits per heavy atom. The second-order valence-corrected chi connectivity index (χ2v) is 4.24. The molecule has 0 aliphatic rings. The summed E-state index contributed by atoms with van der Waals surface area (Å²) in [5.74, 6) is 0.0439. The number of hydrogen-bond donors (Lipinski definition) is 0. The lowest BCUT2D eigenvalue weighted by molar-refractivity contribution is 0.104. The molecule has 2 heteroatoms. The monoisotopic (exact) mass is 237 g/mol. The first kappa shape index (κ1) is 12.2. The van der Waals surface area contributed by atoms with Crippen LogP contribution in [0.1, 0.15) is 28.4 Å². The second kappa shape index (κ2) is 5.41. The number of ketones is 1. The van der Waals surface area contributed by atoms with Crippen molar-refractivity contribution in [2.24, 2.45) is 0 Å². The second-order valence-electron chi connectivity index (χ2n) is 4.24. The van der Waals surface area contributed by atoms with Crippen LogP contribution in [0.15, 0.2) is 54.9 Å². The lowest BCUT2D eigenvalue weighted by Crippen LogP contribution is -1.98. The van der Waals surface area contributed by atoms with E-state index < -0.39 is 0 Å². The summed E-state index contributed by atoms with van der Waals surface area (Å²) in [4.78, 5) is 16.1. The number of rotatable bonds is 3. The summed E-state index contributed by atoms with van der Waals surface area (Å²) in [5.41, 5.74) is 3.73. The Morgan fingerprint density at radius 2 is 1.78 bits per heavy atom. The number of carbonyl (C=O) groups excluding carboxylic acids is 1. The van der Waals surface area contributed by atoms with Crippen molar-refractivity contribution in [3.05, 3.63) is 71.6 Å². The molecule has 0 aliphatic carbocycles. The van der Waals surface area contributed by atoms with E-state index in [1.165, 1.54) is 0 Å². The zero-order valence-electron chi connectivity index (χ0n) is 10.6. The highest BCUT2D eigenvalue weighted by molar-refractivity contribution is 6.09. The highest BCUT2D eigenvalue weighted by atomic mass is 16.1. The molecule has 2 nitrogen and oxygen atoms in total. The molecule has 2 rings (SSSR count). The van der Waals surface area contributed by atoms with Crippen LogP contribution < -0.4 is 0 Å². The van der Waals surface area contributed by atoms with E-state index in [0.717, 1.165) is 22.3 Å². The smallest absolute Gasteiger partial charge is 0.186 e. The van der Waals surface area contributed by atoms with Gasteiger partial charge in [-0.1, -0.05) is 24.3 Å². The number of allylic oxidation sites excluding steroid dienone is 2. The maximum absolute atomic E-state index is 12.2. The minimum atomic E-state index is 0.0439. The molecule has 0 radical (unpaired) electrons. The van der Waals surface area contributed by atoms with Crippen LogP contribution in [-0.2, 0) is 0 Å². The normalized spacial score (nSPS) is 11.3. The molecule has 1 heterocycles. The average molecular weight is 237 g/mol. The van der Waals surface area contributed by atoms with Crippen molar-refractivity contribution in [1.29, 1.82) is 0 Å². The van der Waals surface area contributed by atoms with E-state index in [-0.39, 0.29) is 5.78 Å². The van der Waals surface area contributed by atoms with E-state index in [9.17, 15) is 4.79 Å². The van der Waals surface area contributed by atoms with Gasteiger partial charge in [-0.2, -0.15) is 0 Å². The molecule has 0 atom stereocenters. The van der Waals surface area contributed by atoms with Gasteiger partial charge in [-0.3, -0.25) is 9.78 Å². The molecule has 1 aromatic heterocycles. The van der Waals surface area contributed by atoms with Crippen LogP contribution >= 0.6 is 0 Å². The SMILES string of the molecule is C/C(=C\C(=O)c1ccccc1C)c1ccncc1. The van der Waals surface area contributed by atoms with Gasteiger partial charge in [-0.15, -0.1) is 0 Å². The van der Waals surface area contributed by atoms with E-state index in [1.807, 2.05) is 50.2 Å². The summed E-state index contributed by atoms with van der Waals surface area (Å²) in [6.45, 7) is 3.88. The van der Waals surface area contributed by atoms with Crippen LogP contribution in [-0.4, -0.2) is 10.8 Å². The number of hydrogen-bond acceptors (Lipinski definition) is 2. The highest BCUT2D eigenvalue weighted by Gasteiger charge is 2.06. The number of nitrogens with zero attached hydrogens (tertiary/aromatic N) is 1. The summed E-state index contributed by atoms with van der Waals surface area (Å²) in [5, 5.41) is 0. The van der Waals surface area contributed by atoms with Crippen LogP contribution in [0.3, 0.4) is 0 Å². The fraction of sp³-hybridized carbons (Fsp3) is 0.125. The minimum Gasteiger partial charge on any atom is -0.289 e. The number of aryl methyl sites for hydroxylation is 1. The molecule has 0 fully saturated rings. The van der Waals surface area contributed by atoms with E-state index >= 15 is 0 Å². The van der Waals surface area contributed by atoms with E-state index in [4.69, 9.17) is 0 Å². The molecule has 0 unspecified atom stereocenters. The molecule has 18 heavy (non-hydrogen) atoms. The molecule has 0 spiro atoms. The van der Waals surface area contributed by atoms with E-state index in [2.05, 4.69) is 4.98 Å². The lowest BCUT2D eigenvalue weighted by Gasteiger charge is -2.03. The first-order valence-corrected chi connectivity index (χ1v) is 5.87. The quantitative estimate of drug-likeness (QED) is 0.602. The van der Waals surface area contributed by atoms with E-state index in [1.54, 1.807) is 18.5 Å². The molecule has 90 valence electrons. The summed E-state index contributed by atoms with van der Waals surface area (Å²) < 4.78 is 0. The Balaban J connectivity index is 2.29. The first-order chi connectivity index (χ1) is 8.68. The molecule has 0 saturated carbocycles. The van der Waals surface area contributed by atoms with Gasteiger partial charge in [-0.05, 0) is 48.8 Å². The van der Waals surface area contributed by atoms with Crippen LogP contribution in [0, 0.1) is 6.92 Å². The third-order valence-corrected chi connectivity index (χ3v) is 2.89. The van der Waals surface area contributed by atoms with Crippen LogP contribution in [0.2, 0.25) is 0 Å². The fourth-order valence-corrected chi connectivity index (χ4v) is 1.82. The predicted octanol–water partition coefficient (Wildman–Crippen LogP) is 3.68. The van der Waals surface area contributed by atoms with Gasteiger partial charge in [0.15, 0.2) is 5.78 Å². The van der Waals surface area contributed by atoms with Crippen LogP contribution in [0.5, 0.6) is 0 Å². The maximum Gasteiger partial charge on any atom is 0.186 e. The molecule has 0 bridgehead atoms. The molecular formula is C16H15NO. The summed E-state index contributed by atoms with van der Waals surface area (Å²) >= 11 is 0. The van der Waals surface area contributed by atoms with Gasteiger partial charge >= 0.3 is 0 Å². The lowest BCUT2D eigenvalue weighted by atomic mass is 10.0. The largest absolute Gasteiger partial charge is 0.289 e. The van der Waals surface area contributed by atoms with Crippen molar-refractivity contribution in [3.63, 3.8) is 0 Å². The van der Waals surface area contributed by atoms with Crippen LogP contribution in [0.25, 0.3) is 5.57 Å². The summed E-state index contributed by atoms with van der Waals surface area (Å²) in [7, 11) is 0. The van der Waals surface area contributed by atoms with Gasteiger partial charge in [0.25, 0.3) is 0 Å². The van der Waals surface area contributed by atoms with Gasteiger partial charge in [-0.25, -0.2) is 0 Å². The Morgan fingerprint density at radius 1 is 1.11 bits per heavy atom. The van der Waals surface area contributed by atoms with E-state index in [0.29, 0.717) is 0 Å². The first-order valence-electron chi connectivity index (χ1n) is 5.87. The van der Waals surface area contributed by atoms with Gasteiger partial charge in [0.05, 0.1) is 0 Å². The van der Waals surface area contributed by atoms with Crippen molar-refractivity contribution in [3.8, 4) is 0 Å². The Labute approximate surface area is 107 Å². The average Bonchev–Trinajstić information content (AvgIpc) is 2.40. The number of carbonyl (C=O) groups is 1. The maximum atomic E-state index is 12.2. The van der Waals surface area contributed by atoms with Crippen molar-refractivity contribution < 1.29 is 4.79 Å². The molecule has 0 N–H and O–H groups in total. The number of pyridine rings is 1. The fourth-order valence-electron chi connectivity index (χ4n) is 1.82. The predicted molar refractivity (Wildman–Crippen MR) is 73.4 cm³/mol. The van der Waals surface area contributed by atoms with Crippen molar-refractivity contribution in [1.82, 2.24) is 4.98 Å². The summed E-state index contributed by atoms with van der Waals surface area (Å²) in [6.07, 6.45) is 5.13. The van der Waals surface area contributed by atoms with Crippen molar-refractivity contribution in [2.45, 2.75) is 13.8 Å². The Hall–Kier alpha value is -2.22. The van der Waals surface area contributed by atoms with Gasteiger partial charge < -0.3 is 0 Å². The number of aromatic nitrogens is 1. The molecule has 2 aromatic rings. The van der Waals surface area contributed by atoms with Gasteiger partial charge in [0.1, 0.15) is 0 Å². The molecule has 0 saturated heterocycles. The van der Waals surface area contributed by atoms with Crippen molar-refractivity contribution in [2.75, 3.05) is 0 Å². The topological polar surface area (TPSA) is 30.0 Å². The molecule has 0 amide bonds. The zero-order chi connectivity index (χ0) is 13.0. The molecule has 0 aliphatic heterocycles. The third-order valence-electron chi connectivity index (χ3n) is 2.89. The van der Waals surface area contributed by atoms with Gasteiger partial charge in [0, 0.05) is 18.0 Å². The highest BCUT2D eigenvalue weighted by Crippen LogP contribution is 2.15. The summed E-state index contributed by atoms with van der Waals surface area (Å²) in [6, 6.07) is 11.4. The van der Waals surface area contributed by atoms with Crippen molar-refractivity contribution >= 4 is 11.4 Å². The van der Waals surface area contributed by atoms with Gasteiger partial charge in [0.2, 0.25) is 0 Å². The van der Waals surface area contributed by atoms with Crippen LogP contribution in [0.4, 0.5) is 0 Å². The standard InChI is InChI=1S/C16H15NO/c1-12-5-3-4-6-15(12)16(18)11-13(2)14-7-9-17-10-8-14/h3-11H,1-2H3/b13-11+. The third kappa shape index (κ3) is 2.72. The molecule has 1 aromatic carbocycles. The minimum absolute atomic E-state index is 0.0439. The Bertz CT molecular complexity index is 585. The molecular weight excluding hydrogens is 222 g/mol. The Kier molecular flexibility index (Phi) is 3.68. The zero-order valence-corrected chi connectivity index (χ0v) is 10.6. The number of benzene rings is 1.